The van der Waals surface area contributed by atoms with Gasteiger partial charge in [0.1, 0.15) is 12.1 Å². The van der Waals surface area contributed by atoms with E-state index in [9.17, 15) is 13.2 Å². The average Bonchev–Trinajstić information content (AvgIpc) is 2.90. The molecule has 3 aromatic rings. The van der Waals surface area contributed by atoms with E-state index in [1.54, 1.807) is 12.1 Å². The molecule has 0 unspecified atom stereocenters. The van der Waals surface area contributed by atoms with Gasteiger partial charge < -0.3 is 5.32 Å². The topological polar surface area (TPSA) is 120 Å². The maximum atomic E-state index is 12.1. The molecule has 0 atom stereocenters. The third kappa shape index (κ3) is 3.35. The molecule has 0 saturated carbocycles. The molecule has 8 nitrogen and oxygen atoms in total. The van der Waals surface area contributed by atoms with E-state index < -0.39 is 10.0 Å². The van der Waals surface area contributed by atoms with Crippen molar-refractivity contribution < 1.29 is 13.2 Å². The van der Waals surface area contributed by atoms with Gasteiger partial charge in [-0.25, -0.2) is 18.2 Å². The fourth-order valence-electron chi connectivity index (χ4n) is 2.12. The van der Waals surface area contributed by atoms with Gasteiger partial charge >= 0.3 is 0 Å². The lowest BCUT2D eigenvalue weighted by Gasteiger charge is -2.07. The minimum absolute atomic E-state index is 0.0416. The summed E-state index contributed by atoms with van der Waals surface area (Å²) in [5, 5.41) is 15.6. The van der Waals surface area contributed by atoms with Crippen molar-refractivity contribution in [1.29, 1.82) is 0 Å². The molecule has 9 heteroatoms. The van der Waals surface area contributed by atoms with Gasteiger partial charge in [0, 0.05) is 5.69 Å². The van der Waals surface area contributed by atoms with Gasteiger partial charge in [-0.3, -0.25) is 4.79 Å². The second-order valence-corrected chi connectivity index (χ2v) is 6.42. The number of benzene rings is 2. The standard InChI is InChI=1S/C14H13N5O3S/c15-23(21,22)11-5-3-4-10(8-11)16-14(20)9-19-13-7-2-1-6-12(13)17-18-19/h1-8H,9H2,(H,16,20)(H2,15,21,22). The van der Waals surface area contributed by atoms with Crippen LogP contribution in [-0.2, 0) is 21.4 Å². The lowest BCUT2D eigenvalue weighted by molar-refractivity contribution is -0.116. The van der Waals surface area contributed by atoms with Crippen LogP contribution in [0.25, 0.3) is 11.0 Å². The number of carbonyl (C=O) groups excluding carboxylic acids is 1. The number of carbonyl (C=O) groups is 1. The molecular weight excluding hydrogens is 318 g/mol. The second kappa shape index (κ2) is 5.78. The van der Waals surface area contributed by atoms with Gasteiger partial charge in [0.05, 0.1) is 10.4 Å². The molecule has 0 bridgehead atoms. The Kier molecular flexibility index (Phi) is 3.80. The van der Waals surface area contributed by atoms with Gasteiger partial charge in [-0.15, -0.1) is 5.10 Å². The summed E-state index contributed by atoms with van der Waals surface area (Å²) in [5.41, 5.74) is 1.77. The second-order valence-electron chi connectivity index (χ2n) is 4.86. The highest BCUT2D eigenvalue weighted by Gasteiger charge is 2.11. The molecule has 1 aromatic heterocycles. The molecule has 0 aliphatic heterocycles. The van der Waals surface area contributed by atoms with Crippen LogP contribution in [0, 0.1) is 0 Å². The number of fused-ring (bicyclic) bond motifs is 1. The lowest BCUT2D eigenvalue weighted by atomic mass is 10.3. The van der Waals surface area contributed by atoms with Crippen molar-refractivity contribution in [2.24, 2.45) is 5.14 Å². The Morgan fingerprint density at radius 1 is 1.17 bits per heavy atom. The predicted octanol–water partition coefficient (Wildman–Crippen LogP) is 0.717. The highest BCUT2D eigenvalue weighted by molar-refractivity contribution is 7.89. The molecule has 23 heavy (non-hydrogen) atoms. The molecule has 0 fully saturated rings. The van der Waals surface area contributed by atoms with Crippen LogP contribution in [0.1, 0.15) is 0 Å². The molecule has 3 N–H and O–H groups in total. The monoisotopic (exact) mass is 331 g/mol. The van der Waals surface area contributed by atoms with Gasteiger partial charge in [-0.1, -0.05) is 23.4 Å². The highest BCUT2D eigenvalue weighted by Crippen LogP contribution is 2.15. The van der Waals surface area contributed by atoms with Crippen molar-refractivity contribution in [1.82, 2.24) is 15.0 Å². The molecule has 1 heterocycles. The number of nitrogens with one attached hydrogen (secondary N) is 1. The van der Waals surface area contributed by atoms with Crippen LogP contribution in [0.2, 0.25) is 0 Å². The number of amides is 1. The Hall–Kier alpha value is -2.78. The number of primary sulfonamides is 1. The Bertz CT molecular complexity index is 981. The Labute approximate surface area is 132 Å². The van der Waals surface area contributed by atoms with E-state index >= 15 is 0 Å². The van der Waals surface area contributed by atoms with Gasteiger partial charge in [0.25, 0.3) is 0 Å². The number of aromatic nitrogens is 3. The first-order valence-corrected chi connectivity index (χ1v) is 8.19. The van der Waals surface area contributed by atoms with Gasteiger partial charge in [0.15, 0.2) is 0 Å². The van der Waals surface area contributed by atoms with E-state index in [0.29, 0.717) is 11.2 Å². The van der Waals surface area contributed by atoms with E-state index in [-0.39, 0.29) is 17.3 Å². The third-order valence-electron chi connectivity index (χ3n) is 3.16. The summed E-state index contributed by atoms with van der Waals surface area (Å²) in [7, 11) is -3.82. The molecule has 1 amide bonds. The first-order valence-electron chi connectivity index (χ1n) is 6.64. The van der Waals surface area contributed by atoms with E-state index in [1.165, 1.54) is 22.9 Å². The first-order chi connectivity index (χ1) is 10.9. The van der Waals surface area contributed by atoms with Crippen molar-refractivity contribution in [3.63, 3.8) is 0 Å². The van der Waals surface area contributed by atoms with Crippen molar-refractivity contribution in [3.8, 4) is 0 Å². The van der Waals surface area contributed by atoms with Crippen LogP contribution < -0.4 is 10.5 Å². The summed E-state index contributed by atoms with van der Waals surface area (Å²) in [6.07, 6.45) is 0. The number of hydrogen-bond donors (Lipinski definition) is 2. The minimum atomic E-state index is -3.82. The molecule has 0 radical (unpaired) electrons. The molecule has 118 valence electrons. The number of sulfonamides is 1. The number of nitrogens with two attached hydrogens (primary N) is 1. The Balaban J connectivity index is 1.77. The minimum Gasteiger partial charge on any atom is -0.324 e. The number of hydrogen-bond acceptors (Lipinski definition) is 5. The zero-order chi connectivity index (χ0) is 16.4. The fourth-order valence-corrected chi connectivity index (χ4v) is 2.68. The van der Waals surface area contributed by atoms with Gasteiger partial charge in [-0.2, -0.15) is 0 Å². The Morgan fingerprint density at radius 3 is 2.74 bits per heavy atom. The number of anilines is 1. The van der Waals surface area contributed by atoms with E-state index in [2.05, 4.69) is 15.6 Å². The zero-order valence-corrected chi connectivity index (χ0v) is 12.7. The number of para-hydroxylation sites is 1. The summed E-state index contributed by atoms with van der Waals surface area (Å²) < 4.78 is 24.1. The zero-order valence-electron chi connectivity index (χ0n) is 11.9. The molecule has 2 aromatic carbocycles. The maximum Gasteiger partial charge on any atom is 0.246 e. The van der Waals surface area contributed by atoms with Crippen LogP contribution in [-0.4, -0.2) is 29.3 Å². The normalized spacial score (nSPS) is 11.5. The van der Waals surface area contributed by atoms with Crippen molar-refractivity contribution in [3.05, 3.63) is 48.5 Å². The largest absolute Gasteiger partial charge is 0.324 e. The maximum absolute atomic E-state index is 12.1. The van der Waals surface area contributed by atoms with Crippen LogP contribution in [0.4, 0.5) is 5.69 Å². The molecule has 0 aliphatic carbocycles. The Morgan fingerprint density at radius 2 is 1.96 bits per heavy atom. The fraction of sp³-hybridized carbons (Fsp3) is 0.0714. The molecule has 0 aliphatic rings. The number of rotatable bonds is 4. The summed E-state index contributed by atoms with van der Waals surface area (Å²) in [5.74, 6) is -0.354. The summed E-state index contributed by atoms with van der Waals surface area (Å²) in [6.45, 7) is -0.0416. The van der Waals surface area contributed by atoms with E-state index in [1.807, 2.05) is 18.2 Å². The molecular formula is C14H13N5O3S. The van der Waals surface area contributed by atoms with Crippen molar-refractivity contribution >= 4 is 32.7 Å². The molecule has 0 saturated heterocycles. The average molecular weight is 331 g/mol. The summed E-state index contributed by atoms with van der Waals surface area (Å²) in [4.78, 5) is 12.0. The molecule has 3 rings (SSSR count). The van der Waals surface area contributed by atoms with Gasteiger partial charge in [-0.05, 0) is 30.3 Å². The molecule has 0 spiro atoms. The summed E-state index contributed by atoms with van der Waals surface area (Å²) in [6, 6.07) is 13.0. The van der Waals surface area contributed by atoms with Crippen molar-refractivity contribution in [2.45, 2.75) is 11.4 Å². The quantitative estimate of drug-likeness (QED) is 0.730. The smallest absolute Gasteiger partial charge is 0.246 e. The predicted molar refractivity (Wildman–Crippen MR) is 84.0 cm³/mol. The van der Waals surface area contributed by atoms with Crippen LogP contribution in [0.15, 0.2) is 53.4 Å². The van der Waals surface area contributed by atoms with E-state index in [0.717, 1.165) is 5.52 Å². The highest BCUT2D eigenvalue weighted by atomic mass is 32.2. The number of nitrogens with zero attached hydrogens (tertiary/aromatic N) is 3. The van der Waals surface area contributed by atoms with Crippen LogP contribution in [0.5, 0.6) is 0 Å². The van der Waals surface area contributed by atoms with Crippen LogP contribution in [0.3, 0.4) is 0 Å². The first kappa shape index (κ1) is 15.1. The van der Waals surface area contributed by atoms with E-state index in [4.69, 9.17) is 5.14 Å². The van der Waals surface area contributed by atoms with Crippen LogP contribution >= 0.6 is 0 Å². The summed E-state index contributed by atoms with van der Waals surface area (Å²) >= 11 is 0. The lowest BCUT2D eigenvalue weighted by Crippen LogP contribution is -2.20. The third-order valence-corrected chi connectivity index (χ3v) is 4.07. The van der Waals surface area contributed by atoms with Crippen molar-refractivity contribution in [2.75, 3.05) is 5.32 Å². The SMILES string of the molecule is NS(=O)(=O)c1cccc(NC(=O)Cn2nnc3ccccc32)c1. The van der Waals surface area contributed by atoms with Gasteiger partial charge in [0.2, 0.25) is 15.9 Å².